The maximum Gasteiger partial charge on any atom is 0.255 e. The van der Waals surface area contributed by atoms with Crippen molar-refractivity contribution in [1.29, 1.82) is 0 Å². The number of carbonyl (C=O) groups excluding carboxylic acids is 1. The molecule has 1 amide bonds. The summed E-state index contributed by atoms with van der Waals surface area (Å²) in [5, 5.41) is 4.54. The molecule has 7 heteroatoms. The van der Waals surface area contributed by atoms with Gasteiger partial charge in [0.25, 0.3) is 5.91 Å². The van der Waals surface area contributed by atoms with E-state index in [9.17, 15) is 22.4 Å². The molecule has 0 unspecified atom stereocenters. The van der Waals surface area contributed by atoms with Gasteiger partial charge in [-0.15, -0.1) is 0 Å². The predicted octanol–water partition coefficient (Wildman–Crippen LogP) is 3.54. The summed E-state index contributed by atoms with van der Waals surface area (Å²) < 4.78 is 52.8. The molecule has 0 aliphatic heterocycles. The van der Waals surface area contributed by atoms with Gasteiger partial charge < -0.3 is 10.6 Å². The minimum absolute atomic E-state index is 0.0302. The van der Waals surface area contributed by atoms with Crippen molar-refractivity contribution in [3.63, 3.8) is 0 Å². The zero-order valence-corrected chi connectivity index (χ0v) is 10.8. The summed E-state index contributed by atoms with van der Waals surface area (Å²) in [6.45, 7) is 0. The Balaban J connectivity index is 2.26. The first-order chi connectivity index (χ1) is 9.92. The highest BCUT2D eigenvalue weighted by molar-refractivity contribution is 6.04. The Hall–Kier alpha value is -2.57. The Kier molecular flexibility index (Phi) is 4.11. The van der Waals surface area contributed by atoms with Gasteiger partial charge in [-0.3, -0.25) is 4.79 Å². The van der Waals surface area contributed by atoms with E-state index in [0.29, 0.717) is 0 Å². The maximum atomic E-state index is 13.5. The summed E-state index contributed by atoms with van der Waals surface area (Å²) in [4.78, 5) is 11.8. The molecule has 0 aliphatic rings. The summed E-state index contributed by atoms with van der Waals surface area (Å²) >= 11 is 0. The van der Waals surface area contributed by atoms with Crippen LogP contribution in [0.15, 0.2) is 30.3 Å². The van der Waals surface area contributed by atoms with Gasteiger partial charge in [0.05, 0.1) is 0 Å². The summed E-state index contributed by atoms with van der Waals surface area (Å²) in [7, 11) is 1.34. The second-order valence-electron chi connectivity index (χ2n) is 4.15. The largest absolute Gasteiger partial charge is 0.383 e. The van der Waals surface area contributed by atoms with E-state index in [4.69, 9.17) is 0 Å². The minimum atomic E-state index is -1.14. The third-order valence-corrected chi connectivity index (χ3v) is 2.73. The van der Waals surface area contributed by atoms with E-state index < -0.39 is 29.2 Å². The molecule has 0 spiro atoms. The van der Waals surface area contributed by atoms with E-state index in [2.05, 4.69) is 10.6 Å². The standard InChI is InChI=1S/C14H10F4N2O/c1-19-13-11(17)4-7(5-12(13)18)14(21)20-8-2-3-9(15)10(16)6-8/h2-6,19H,1H3,(H,20,21). The zero-order chi connectivity index (χ0) is 15.6. The van der Waals surface area contributed by atoms with Gasteiger partial charge in [0, 0.05) is 24.4 Å². The molecule has 0 saturated heterocycles. The van der Waals surface area contributed by atoms with Crippen LogP contribution in [0.3, 0.4) is 0 Å². The van der Waals surface area contributed by atoms with Gasteiger partial charge >= 0.3 is 0 Å². The molecule has 2 aromatic rings. The predicted molar refractivity (Wildman–Crippen MR) is 70.2 cm³/mol. The van der Waals surface area contributed by atoms with Crippen molar-refractivity contribution in [2.45, 2.75) is 0 Å². The zero-order valence-electron chi connectivity index (χ0n) is 10.8. The van der Waals surface area contributed by atoms with Crippen LogP contribution in [0.4, 0.5) is 28.9 Å². The van der Waals surface area contributed by atoms with Crippen LogP contribution in [-0.4, -0.2) is 13.0 Å². The van der Waals surface area contributed by atoms with E-state index in [1.54, 1.807) is 0 Å². The minimum Gasteiger partial charge on any atom is -0.383 e. The highest BCUT2D eigenvalue weighted by Crippen LogP contribution is 2.21. The molecule has 3 nitrogen and oxygen atoms in total. The summed E-state index contributed by atoms with van der Waals surface area (Å²) in [5.74, 6) is -4.93. The van der Waals surface area contributed by atoms with E-state index in [-0.39, 0.29) is 16.9 Å². The van der Waals surface area contributed by atoms with Gasteiger partial charge in [0.15, 0.2) is 11.6 Å². The lowest BCUT2D eigenvalue weighted by Crippen LogP contribution is -2.13. The Morgan fingerprint density at radius 2 is 1.52 bits per heavy atom. The Morgan fingerprint density at radius 1 is 0.905 bits per heavy atom. The Labute approximate surface area is 117 Å². The van der Waals surface area contributed by atoms with Crippen LogP contribution in [0, 0.1) is 23.3 Å². The summed E-state index contributed by atoms with van der Waals surface area (Å²) in [6, 6.07) is 4.40. The molecule has 0 bridgehead atoms. The van der Waals surface area contributed by atoms with E-state index >= 15 is 0 Å². The van der Waals surface area contributed by atoms with Gasteiger partial charge in [-0.05, 0) is 24.3 Å². The van der Waals surface area contributed by atoms with Gasteiger partial charge in [0.2, 0.25) is 0 Å². The van der Waals surface area contributed by atoms with Crippen LogP contribution in [0.2, 0.25) is 0 Å². The van der Waals surface area contributed by atoms with Crippen LogP contribution in [0.25, 0.3) is 0 Å². The summed E-state index contributed by atoms with van der Waals surface area (Å²) in [6.07, 6.45) is 0. The van der Waals surface area contributed by atoms with Gasteiger partial charge in [-0.1, -0.05) is 0 Å². The molecule has 2 aromatic carbocycles. The van der Waals surface area contributed by atoms with Gasteiger partial charge in [-0.2, -0.15) is 0 Å². The quantitative estimate of drug-likeness (QED) is 0.851. The third kappa shape index (κ3) is 3.13. The molecule has 0 atom stereocenters. The average Bonchev–Trinajstić information content (AvgIpc) is 2.42. The number of anilines is 2. The van der Waals surface area contributed by atoms with E-state index in [1.165, 1.54) is 7.05 Å². The molecule has 0 aliphatic carbocycles. The van der Waals surface area contributed by atoms with Gasteiger partial charge in [0.1, 0.15) is 17.3 Å². The Morgan fingerprint density at radius 3 is 2.05 bits per heavy atom. The highest BCUT2D eigenvalue weighted by atomic mass is 19.2. The number of halogens is 4. The third-order valence-electron chi connectivity index (χ3n) is 2.73. The molecule has 2 rings (SSSR count). The molecule has 110 valence electrons. The molecule has 0 saturated carbocycles. The lowest BCUT2D eigenvalue weighted by Gasteiger charge is -2.09. The normalized spacial score (nSPS) is 10.3. The molecule has 2 N–H and O–H groups in total. The van der Waals surface area contributed by atoms with Crippen LogP contribution in [0.1, 0.15) is 10.4 Å². The SMILES string of the molecule is CNc1c(F)cc(C(=O)Nc2ccc(F)c(F)c2)cc1F. The van der Waals surface area contributed by atoms with Crippen molar-refractivity contribution < 1.29 is 22.4 Å². The lowest BCUT2D eigenvalue weighted by atomic mass is 10.1. The molecular formula is C14H10F4N2O. The van der Waals surface area contributed by atoms with Crippen molar-refractivity contribution in [2.75, 3.05) is 17.7 Å². The number of hydrogen-bond acceptors (Lipinski definition) is 2. The van der Waals surface area contributed by atoms with Crippen LogP contribution >= 0.6 is 0 Å². The molecule has 21 heavy (non-hydrogen) atoms. The number of nitrogens with one attached hydrogen (secondary N) is 2. The van der Waals surface area contributed by atoms with Crippen molar-refractivity contribution in [1.82, 2.24) is 0 Å². The average molecular weight is 298 g/mol. The van der Waals surface area contributed by atoms with Crippen LogP contribution in [0.5, 0.6) is 0 Å². The monoisotopic (exact) mass is 298 g/mol. The fraction of sp³-hybridized carbons (Fsp3) is 0.0714. The van der Waals surface area contributed by atoms with Crippen molar-refractivity contribution in [3.8, 4) is 0 Å². The van der Waals surface area contributed by atoms with Crippen molar-refractivity contribution in [3.05, 3.63) is 59.2 Å². The van der Waals surface area contributed by atoms with Gasteiger partial charge in [-0.25, -0.2) is 17.6 Å². The summed E-state index contributed by atoms with van der Waals surface area (Å²) in [5.41, 5.74) is -0.675. The fourth-order valence-electron chi connectivity index (χ4n) is 1.72. The smallest absolute Gasteiger partial charge is 0.255 e. The second kappa shape index (κ2) is 5.82. The van der Waals surface area contributed by atoms with Crippen LogP contribution < -0.4 is 10.6 Å². The topological polar surface area (TPSA) is 41.1 Å². The number of rotatable bonds is 3. The first-order valence-corrected chi connectivity index (χ1v) is 5.85. The first-order valence-electron chi connectivity index (χ1n) is 5.85. The lowest BCUT2D eigenvalue weighted by molar-refractivity contribution is 0.102. The number of benzene rings is 2. The van der Waals surface area contributed by atoms with Crippen LogP contribution in [-0.2, 0) is 0 Å². The molecular weight excluding hydrogens is 288 g/mol. The number of amides is 1. The van der Waals surface area contributed by atoms with Crippen molar-refractivity contribution >= 4 is 17.3 Å². The molecule has 0 heterocycles. The number of carbonyl (C=O) groups is 1. The Bertz CT molecular complexity index is 680. The molecule has 0 radical (unpaired) electrons. The second-order valence-corrected chi connectivity index (χ2v) is 4.15. The number of hydrogen-bond donors (Lipinski definition) is 2. The highest BCUT2D eigenvalue weighted by Gasteiger charge is 2.15. The fourth-order valence-corrected chi connectivity index (χ4v) is 1.72. The van der Waals surface area contributed by atoms with E-state index in [0.717, 1.165) is 30.3 Å². The first kappa shape index (κ1) is 14.8. The maximum absolute atomic E-state index is 13.5. The molecule has 0 aromatic heterocycles. The van der Waals surface area contributed by atoms with Crippen molar-refractivity contribution in [2.24, 2.45) is 0 Å². The molecule has 0 fully saturated rings. The van der Waals surface area contributed by atoms with E-state index in [1.807, 2.05) is 0 Å².